The Morgan fingerprint density at radius 3 is 1.27 bits per heavy atom. The fourth-order valence-corrected chi connectivity index (χ4v) is 19.1. The van der Waals surface area contributed by atoms with Gasteiger partial charge in [-0.1, -0.05) is 69.2 Å². The minimum Gasteiger partial charge on any atom is -0.452 e. The van der Waals surface area contributed by atoms with E-state index in [1.54, 1.807) is 152 Å². The summed E-state index contributed by atoms with van der Waals surface area (Å²) >= 11 is 0. The maximum Gasteiger partial charge on any atom is 0.414 e. The molecule has 1 atom stereocenters. The van der Waals surface area contributed by atoms with Crippen LogP contribution in [0.1, 0.15) is 162 Å². The lowest BCUT2D eigenvalue weighted by Crippen LogP contribution is -2.33. The van der Waals surface area contributed by atoms with E-state index in [0.717, 1.165) is 82.3 Å². The van der Waals surface area contributed by atoms with Gasteiger partial charge in [-0.15, -0.1) is 0 Å². The van der Waals surface area contributed by atoms with E-state index in [1.807, 2.05) is 97.4 Å². The third kappa shape index (κ3) is 16.3. The number of pyridine rings is 8. The van der Waals surface area contributed by atoms with E-state index >= 15 is 0 Å². The van der Waals surface area contributed by atoms with Gasteiger partial charge < -0.3 is 24.3 Å². The molecule has 109 heavy (non-hydrogen) atoms. The molecule has 0 saturated heterocycles. The molecule has 1 unspecified atom stereocenters. The molecule has 16 rings (SSSR count). The predicted molar refractivity (Wildman–Crippen MR) is 432 cm³/mol. The quantitative estimate of drug-likeness (QED) is 0.145. The first-order chi connectivity index (χ1) is 50.6. The van der Waals surface area contributed by atoms with Crippen LogP contribution in [0.15, 0.2) is 148 Å². The molecule has 8 aromatic heterocycles. The lowest BCUT2D eigenvalue weighted by Gasteiger charge is -2.19. The number of likely N-dealkylation sites (N-methyl/N-ethyl adjacent to an activating group) is 2. The number of carbonyl (C=O) groups excluding carboxylic acids is 4. The van der Waals surface area contributed by atoms with Gasteiger partial charge >= 0.3 is 6.09 Å². The summed E-state index contributed by atoms with van der Waals surface area (Å²) in [4.78, 5) is 86.7. The van der Waals surface area contributed by atoms with Gasteiger partial charge in [-0.3, -0.25) is 72.1 Å². The number of hydrogen-bond acceptors (Lipinski definition) is 19. The zero-order chi connectivity index (χ0) is 80.7. The Labute approximate surface area is 645 Å². The molecule has 0 aliphatic carbocycles. The van der Waals surface area contributed by atoms with E-state index in [4.69, 9.17) is 4.74 Å². The lowest BCUT2D eigenvalue weighted by atomic mass is 9.87. The topological polar surface area (TPSA) is 292 Å². The molecule has 0 N–H and O–H groups in total. The van der Waals surface area contributed by atoms with Crippen molar-refractivity contribution in [3.8, 4) is 0 Å². The smallest absolute Gasteiger partial charge is 0.414 e. The van der Waals surface area contributed by atoms with Crippen LogP contribution in [0, 0.1) is 0 Å². The van der Waals surface area contributed by atoms with Crippen molar-refractivity contribution < 1.29 is 45.0 Å². The fraction of sp³-hybridized carbons (Fsp3) is 0.450. The van der Waals surface area contributed by atoms with Crippen LogP contribution in [0.5, 0.6) is 0 Å². The average Bonchev–Trinajstić information content (AvgIpc) is 1.57. The van der Waals surface area contributed by atoms with Crippen molar-refractivity contribution in [3.63, 3.8) is 0 Å². The summed E-state index contributed by atoms with van der Waals surface area (Å²) in [5.74, 6) is 0.223. The zero-order valence-electron chi connectivity index (χ0n) is 66.9. The molecule has 0 aromatic carbocycles. The van der Waals surface area contributed by atoms with Crippen LogP contribution < -0.4 is 37.4 Å². The Bertz CT molecular complexity index is 4920. The number of aromatic nitrogens is 8. The predicted octanol–water partition coefficient (Wildman–Crippen LogP) is 11.8. The van der Waals surface area contributed by atoms with Gasteiger partial charge in [-0.2, -0.15) is 0 Å². The first-order valence-corrected chi connectivity index (χ1v) is 40.1. The highest BCUT2D eigenvalue weighted by atomic mass is 32.2. The molecule has 582 valence electrons. The van der Waals surface area contributed by atoms with Gasteiger partial charge in [0.05, 0.1) is 119 Å². The standard InChI is InChI=1S/C11H14N2O2.C11H14N2O.C10H14N2O2S.2C10H12N2O.C10H14N2.C9H12N2O2S.C9H12N2OS/c1-11(2)7-13(10(14)15-3)9-6-12-5-4-8(9)11;1-8(14)13-7-11(2,3)9-4-5-12-6-10(9)13;1-10(2)7-12(15(3,13)14)9-6-11-5-4-8(9)10;1-10(2)7-4-5-11-6-8(7)12(3)9(10)13;1-10(2)6-12(7-13)9-5-11-4-3-8(9)10;1-10(2)7-12(3)9-6-11-5-4-8(9)10;1-9(2)7-4-5-10-6-8(7)11(3)14(9,12)13;1-9(2)7-4-5-10-6-8(7)11(3)13(9)12/h4-6H,7H2,1-3H3;4-6H,7H2,1-3H3;4-6H,7H2,1-3H3;4-6H,1-3H3;3-5,7H,6H2,1-2H3;4-6H,7H2,1-3H3;4-6H,1-3H3;4-6H,1-3H3. The largest absolute Gasteiger partial charge is 0.452 e. The van der Waals surface area contributed by atoms with Gasteiger partial charge in [0.2, 0.25) is 38.3 Å². The zero-order valence-corrected chi connectivity index (χ0v) is 69.4. The molecule has 0 spiro atoms. The Balaban J connectivity index is 0.000000144. The highest BCUT2D eigenvalue weighted by Crippen LogP contribution is 2.48. The van der Waals surface area contributed by atoms with Crippen molar-refractivity contribution in [1.29, 1.82) is 0 Å². The first kappa shape index (κ1) is 83.2. The van der Waals surface area contributed by atoms with Crippen molar-refractivity contribution >= 4 is 101 Å². The maximum atomic E-state index is 12.0. The van der Waals surface area contributed by atoms with Crippen molar-refractivity contribution in [3.05, 3.63) is 192 Å². The Morgan fingerprint density at radius 1 is 0.468 bits per heavy atom. The van der Waals surface area contributed by atoms with E-state index in [9.17, 15) is 40.2 Å². The SMILES string of the molecule is CC(=O)N1CC(C)(C)c2ccncc21.CC1(C)CN(C=O)c2cnccc21.CC1(C)CN(S(C)(=O)=O)c2cnccc21.CN1C(=O)C(C)(C)c2ccncc21.CN1CC(C)(C)c2ccncc21.CN1c2cnccc2C(C)(C)S1(=O)=O.CN1c2cnccc2C(C)(C)S1=O.COC(=O)N1CC(C)(C)c2ccncc21. The van der Waals surface area contributed by atoms with Crippen LogP contribution in [-0.2, 0) is 92.1 Å². The minimum atomic E-state index is -3.27. The summed E-state index contributed by atoms with van der Waals surface area (Å²) in [6, 6.07) is 15.6. The number of fused-ring (bicyclic) bond motifs is 8. The van der Waals surface area contributed by atoms with Crippen LogP contribution in [-0.4, -0.2) is 160 Å². The van der Waals surface area contributed by atoms with Crippen molar-refractivity contribution in [1.82, 2.24) is 39.9 Å². The summed E-state index contributed by atoms with van der Waals surface area (Å²) in [6.07, 6.45) is 29.6. The van der Waals surface area contributed by atoms with Crippen LogP contribution in [0.2, 0.25) is 0 Å². The highest BCUT2D eigenvalue weighted by molar-refractivity contribution is 7.94. The maximum absolute atomic E-state index is 12.0. The third-order valence-electron chi connectivity index (χ3n) is 21.3. The average molecular weight is 1550 g/mol. The molecule has 0 radical (unpaired) electrons. The number of amides is 4. The minimum absolute atomic E-state index is 0.0353. The second-order valence-corrected chi connectivity index (χ2v) is 39.3. The summed E-state index contributed by atoms with van der Waals surface area (Å²) < 4.78 is 67.1. The first-order valence-electron chi connectivity index (χ1n) is 35.7. The van der Waals surface area contributed by atoms with E-state index in [2.05, 4.69) is 113 Å². The van der Waals surface area contributed by atoms with E-state index in [-0.39, 0.29) is 49.7 Å². The molecular formula is C80H104N16O10S3. The molecule has 0 fully saturated rings. The molecular weight excluding hydrogens is 1440 g/mol. The van der Waals surface area contributed by atoms with E-state index in [1.165, 1.54) is 44.4 Å². The summed E-state index contributed by atoms with van der Waals surface area (Å²) in [5, 5.41) is 0. The monoisotopic (exact) mass is 1540 g/mol. The summed E-state index contributed by atoms with van der Waals surface area (Å²) in [5.41, 5.74) is 16.2. The Kier molecular flexibility index (Phi) is 23.6. The third-order valence-corrected chi connectivity index (χ3v) is 26.6. The summed E-state index contributed by atoms with van der Waals surface area (Å²) in [7, 11) is 1.26. The molecule has 26 nitrogen and oxygen atoms in total. The number of rotatable bonds is 2. The molecule has 29 heteroatoms. The van der Waals surface area contributed by atoms with Gasteiger partial charge in [0.1, 0.15) is 15.7 Å². The number of sulfonamides is 2. The van der Waals surface area contributed by atoms with Gasteiger partial charge in [0, 0.05) is 150 Å². The molecule has 8 aliphatic rings. The normalized spacial score (nSPS) is 19.7. The number of methoxy groups -OCH3 is 1. The number of ether oxygens (including phenoxy) is 1. The number of hydrogen-bond donors (Lipinski definition) is 0. The van der Waals surface area contributed by atoms with Crippen LogP contribution in [0.25, 0.3) is 0 Å². The molecule has 0 saturated carbocycles. The number of nitrogens with zero attached hydrogens (tertiary/aromatic N) is 16. The van der Waals surface area contributed by atoms with Gasteiger partial charge in [-0.05, 0) is 129 Å². The van der Waals surface area contributed by atoms with Gasteiger partial charge in [0.25, 0.3) is 0 Å². The second kappa shape index (κ2) is 30.9. The highest BCUT2D eigenvalue weighted by Gasteiger charge is 2.49. The second-order valence-electron chi connectivity index (χ2n) is 32.8. The Morgan fingerprint density at radius 2 is 0.826 bits per heavy atom. The summed E-state index contributed by atoms with van der Waals surface area (Å²) in [6.45, 7) is 38.0. The molecule has 8 aromatic rings. The van der Waals surface area contributed by atoms with Crippen molar-refractivity contribution in [2.24, 2.45) is 0 Å². The van der Waals surface area contributed by atoms with Crippen LogP contribution in [0.4, 0.5) is 50.3 Å². The molecule has 16 heterocycles. The molecule has 4 amide bonds. The lowest BCUT2D eigenvalue weighted by molar-refractivity contribution is -0.121. The molecule has 0 bridgehead atoms. The fourth-order valence-electron chi connectivity index (χ4n) is 15.2. The number of anilines is 8. The van der Waals surface area contributed by atoms with Crippen LogP contribution in [0.3, 0.4) is 0 Å². The number of carbonyl (C=O) groups is 4. The van der Waals surface area contributed by atoms with Crippen molar-refractivity contribution in [2.45, 2.75) is 160 Å². The van der Waals surface area contributed by atoms with Gasteiger partial charge in [0.15, 0.2) is 0 Å². The van der Waals surface area contributed by atoms with E-state index < -0.39 is 41.2 Å². The Hall–Kier alpha value is -9.87. The van der Waals surface area contributed by atoms with Crippen LogP contribution >= 0.6 is 0 Å². The molecule has 8 aliphatic heterocycles. The van der Waals surface area contributed by atoms with E-state index in [0.29, 0.717) is 24.5 Å². The van der Waals surface area contributed by atoms with Crippen molar-refractivity contribution in [2.75, 3.05) is 112 Å². The van der Waals surface area contributed by atoms with Gasteiger partial charge in [-0.25, -0.2) is 25.8 Å².